The molecule has 1 fully saturated rings. The third-order valence-electron chi connectivity index (χ3n) is 5.03. The van der Waals surface area contributed by atoms with Gasteiger partial charge in [0.2, 0.25) is 15.9 Å². The molecular weight excluding hydrogens is 400 g/mol. The number of esters is 1. The largest absolute Gasteiger partial charge is 0.493 e. The molecule has 162 valence electrons. The van der Waals surface area contributed by atoms with E-state index in [0.29, 0.717) is 43.1 Å². The highest BCUT2D eigenvalue weighted by atomic mass is 32.2. The van der Waals surface area contributed by atoms with Gasteiger partial charge in [-0.15, -0.1) is 0 Å². The molecule has 1 aliphatic rings. The zero-order chi connectivity index (χ0) is 21.8. The average Bonchev–Trinajstić information content (AvgIpc) is 2.71. The second-order valence-electron chi connectivity index (χ2n) is 6.90. The molecule has 2 rings (SSSR count). The van der Waals surface area contributed by atoms with E-state index in [4.69, 9.17) is 14.2 Å². The average molecular weight is 429 g/mol. The van der Waals surface area contributed by atoms with Crippen LogP contribution in [-0.2, 0) is 24.3 Å². The van der Waals surface area contributed by atoms with E-state index in [0.717, 1.165) is 10.6 Å². The molecule has 10 heteroatoms. The molecule has 1 atom stereocenters. The Hall–Kier alpha value is -2.49. The molecule has 0 aliphatic carbocycles. The van der Waals surface area contributed by atoms with Gasteiger partial charge in [0.25, 0.3) is 0 Å². The van der Waals surface area contributed by atoms with Crippen LogP contribution in [0.15, 0.2) is 18.2 Å². The SMILES string of the molecule is COC(=O)C1CCN(C(=O)[C@H](C)N(c2ccc(OC)c(OC)c2)S(C)(=O)=O)CC1. The van der Waals surface area contributed by atoms with Crippen molar-refractivity contribution in [3.05, 3.63) is 18.2 Å². The van der Waals surface area contributed by atoms with Crippen molar-refractivity contribution >= 4 is 27.6 Å². The fourth-order valence-electron chi connectivity index (χ4n) is 3.53. The van der Waals surface area contributed by atoms with Crippen molar-refractivity contribution in [1.29, 1.82) is 0 Å². The first-order valence-electron chi connectivity index (χ1n) is 9.22. The first-order valence-corrected chi connectivity index (χ1v) is 11.1. The maximum Gasteiger partial charge on any atom is 0.308 e. The number of carbonyl (C=O) groups excluding carboxylic acids is 2. The lowest BCUT2D eigenvalue weighted by atomic mass is 9.96. The smallest absolute Gasteiger partial charge is 0.308 e. The Morgan fingerprint density at radius 2 is 1.69 bits per heavy atom. The Morgan fingerprint density at radius 3 is 2.17 bits per heavy atom. The van der Waals surface area contributed by atoms with E-state index in [1.54, 1.807) is 24.0 Å². The van der Waals surface area contributed by atoms with Crippen molar-refractivity contribution in [1.82, 2.24) is 4.90 Å². The van der Waals surface area contributed by atoms with Crippen LogP contribution in [0.3, 0.4) is 0 Å². The van der Waals surface area contributed by atoms with E-state index in [1.165, 1.54) is 27.4 Å². The Morgan fingerprint density at radius 1 is 1.10 bits per heavy atom. The number of piperidine rings is 1. The lowest BCUT2D eigenvalue weighted by Gasteiger charge is -2.36. The number of rotatable bonds is 7. The maximum absolute atomic E-state index is 13.0. The number of amides is 1. The molecule has 1 heterocycles. The first-order chi connectivity index (χ1) is 13.6. The van der Waals surface area contributed by atoms with Gasteiger partial charge < -0.3 is 19.1 Å². The van der Waals surface area contributed by atoms with Crippen LogP contribution >= 0.6 is 0 Å². The van der Waals surface area contributed by atoms with E-state index in [9.17, 15) is 18.0 Å². The number of nitrogens with zero attached hydrogens (tertiary/aromatic N) is 2. The van der Waals surface area contributed by atoms with Crippen LogP contribution in [0.1, 0.15) is 19.8 Å². The molecular formula is C19H28N2O7S. The topological polar surface area (TPSA) is 102 Å². The molecule has 0 unspecified atom stereocenters. The van der Waals surface area contributed by atoms with Crippen LogP contribution in [0.4, 0.5) is 5.69 Å². The van der Waals surface area contributed by atoms with E-state index in [1.807, 2.05) is 0 Å². The minimum atomic E-state index is -3.76. The lowest BCUT2D eigenvalue weighted by Crippen LogP contribution is -2.51. The summed E-state index contributed by atoms with van der Waals surface area (Å²) >= 11 is 0. The van der Waals surface area contributed by atoms with Crippen LogP contribution < -0.4 is 13.8 Å². The fourth-order valence-corrected chi connectivity index (χ4v) is 4.69. The van der Waals surface area contributed by atoms with Gasteiger partial charge >= 0.3 is 5.97 Å². The van der Waals surface area contributed by atoms with Crippen molar-refractivity contribution in [2.75, 3.05) is 45.0 Å². The number of hydrogen-bond donors (Lipinski definition) is 0. The molecule has 9 nitrogen and oxygen atoms in total. The predicted molar refractivity (Wildman–Crippen MR) is 108 cm³/mol. The molecule has 1 aliphatic heterocycles. The molecule has 1 amide bonds. The van der Waals surface area contributed by atoms with Gasteiger partial charge in [0, 0.05) is 19.2 Å². The summed E-state index contributed by atoms with van der Waals surface area (Å²) in [7, 11) is 0.517. The molecule has 1 aromatic carbocycles. The number of ether oxygens (including phenoxy) is 3. The molecule has 1 saturated heterocycles. The van der Waals surface area contributed by atoms with Gasteiger partial charge in [-0.25, -0.2) is 8.42 Å². The highest BCUT2D eigenvalue weighted by Gasteiger charge is 2.35. The number of benzene rings is 1. The predicted octanol–water partition coefficient (Wildman–Crippen LogP) is 1.27. The van der Waals surface area contributed by atoms with Crippen LogP contribution in [-0.4, -0.2) is 71.9 Å². The van der Waals surface area contributed by atoms with E-state index < -0.39 is 16.1 Å². The number of likely N-dealkylation sites (tertiary alicyclic amines) is 1. The zero-order valence-corrected chi connectivity index (χ0v) is 18.2. The van der Waals surface area contributed by atoms with Crippen molar-refractivity contribution in [2.45, 2.75) is 25.8 Å². The van der Waals surface area contributed by atoms with E-state index in [-0.39, 0.29) is 17.8 Å². The summed E-state index contributed by atoms with van der Waals surface area (Å²) in [6, 6.07) is 3.71. The molecule has 0 radical (unpaired) electrons. The Kier molecular flexibility index (Phi) is 7.34. The van der Waals surface area contributed by atoms with Crippen molar-refractivity contribution in [3.63, 3.8) is 0 Å². The van der Waals surface area contributed by atoms with E-state index in [2.05, 4.69) is 0 Å². The van der Waals surface area contributed by atoms with Gasteiger partial charge in [0.1, 0.15) is 6.04 Å². The molecule has 1 aromatic rings. The summed E-state index contributed by atoms with van der Waals surface area (Å²) in [5.74, 6) is -0.0382. The monoisotopic (exact) mass is 428 g/mol. The van der Waals surface area contributed by atoms with Gasteiger partial charge in [0.15, 0.2) is 11.5 Å². The maximum atomic E-state index is 13.0. The van der Waals surface area contributed by atoms with Gasteiger partial charge in [-0.05, 0) is 31.9 Å². The lowest BCUT2D eigenvalue weighted by molar-refractivity contribution is -0.149. The van der Waals surface area contributed by atoms with Crippen molar-refractivity contribution in [3.8, 4) is 11.5 Å². The van der Waals surface area contributed by atoms with Crippen LogP contribution in [0.5, 0.6) is 11.5 Å². The molecule has 0 spiro atoms. The van der Waals surface area contributed by atoms with Crippen molar-refractivity contribution < 1.29 is 32.2 Å². The van der Waals surface area contributed by atoms with Gasteiger partial charge in [0.05, 0.1) is 39.2 Å². The summed E-state index contributed by atoms with van der Waals surface area (Å²) in [5.41, 5.74) is 0.301. The normalized spacial score (nSPS) is 16.1. The van der Waals surface area contributed by atoms with Crippen LogP contribution in [0.2, 0.25) is 0 Å². The number of hydrogen-bond acceptors (Lipinski definition) is 7. The first kappa shape index (κ1) is 22.8. The highest BCUT2D eigenvalue weighted by Crippen LogP contribution is 2.33. The second kappa shape index (κ2) is 9.34. The summed E-state index contributed by atoms with van der Waals surface area (Å²) in [6.45, 7) is 2.28. The number of anilines is 1. The summed E-state index contributed by atoms with van der Waals surface area (Å²) in [5, 5.41) is 0. The Bertz CT molecular complexity index is 848. The fraction of sp³-hybridized carbons (Fsp3) is 0.579. The number of methoxy groups -OCH3 is 3. The summed E-state index contributed by atoms with van der Waals surface area (Å²) in [4.78, 5) is 26.3. The van der Waals surface area contributed by atoms with E-state index >= 15 is 0 Å². The summed E-state index contributed by atoms with van der Waals surface area (Å²) < 4.78 is 41.3. The minimum absolute atomic E-state index is 0.240. The van der Waals surface area contributed by atoms with Crippen LogP contribution in [0, 0.1) is 5.92 Å². The molecule has 0 aromatic heterocycles. The molecule has 0 bridgehead atoms. The number of carbonyl (C=O) groups is 2. The third kappa shape index (κ3) is 5.11. The summed E-state index contributed by atoms with van der Waals surface area (Å²) in [6.07, 6.45) is 2.03. The zero-order valence-electron chi connectivity index (χ0n) is 17.4. The number of sulfonamides is 1. The third-order valence-corrected chi connectivity index (χ3v) is 6.27. The highest BCUT2D eigenvalue weighted by molar-refractivity contribution is 7.92. The Labute approximate surface area is 171 Å². The second-order valence-corrected chi connectivity index (χ2v) is 8.76. The minimum Gasteiger partial charge on any atom is -0.493 e. The molecule has 0 N–H and O–H groups in total. The Balaban J connectivity index is 2.25. The standard InChI is InChI=1S/C19H28N2O7S/c1-13(18(22)20-10-8-14(9-11-20)19(23)28-4)21(29(5,24)25)15-6-7-16(26-2)17(12-15)27-3/h6-7,12-14H,8-11H2,1-5H3/t13-/m0/s1. The quantitative estimate of drug-likeness (QED) is 0.603. The van der Waals surface area contributed by atoms with Gasteiger partial charge in [-0.1, -0.05) is 0 Å². The molecule has 0 saturated carbocycles. The van der Waals surface area contributed by atoms with Gasteiger partial charge in [-0.3, -0.25) is 13.9 Å². The van der Waals surface area contributed by atoms with Crippen molar-refractivity contribution in [2.24, 2.45) is 5.92 Å². The molecule has 29 heavy (non-hydrogen) atoms. The van der Waals surface area contributed by atoms with Crippen LogP contribution in [0.25, 0.3) is 0 Å². The van der Waals surface area contributed by atoms with Gasteiger partial charge in [-0.2, -0.15) is 0 Å².